The van der Waals surface area contributed by atoms with Crippen LogP contribution in [-0.4, -0.2) is 42.5 Å². The summed E-state index contributed by atoms with van der Waals surface area (Å²) in [6.07, 6.45) is 0.754. The van der Waals surface area contributed by atoms with E-state index in [1.54, 1.807) is 36.1 Å². The minimum Gasteiger partial charge on any atom is -0.482 e. The zero-order valence-corrected chi connectivity index (χ0v) is 17.9. The Morgan fingerprint density at radius 3 is 2.59 bits per heavy atom. The molecule has 32 heavy (non-hydrogen) atoms. The first-order valence-corrected chi connectivity index (χ1v) is 10.2. The van der Waals surface area contributed by atoms with Gasteiger partial charge in [0.15, 0.2) is 18.0 Å². The molecule has 1 aliphatic heterocycles. The number of aromatic nitrogens is 1. The van der Waals surface area contributed by atoms with E-state index < -0.39 is 17.8 Å². The van der Waals surface area contributed by atoms with Gasteiger partial charge >= 0.3 is 11.7 Å². The summed E-state index contributed by atoms with van der Waals surface area (Å²) < 4.78 is 16.7. The van der Waals surface area contributed by atoms with E-state index in [4.69, 9.17) is 9.15 Å². The molecule has 0 spiro atoms. The van der Waals surface area contributed by atoms with E-state index in [9.17, 15) is 19.2 Å². The van der Waals surface area contributed by atoms with Gasteiger partial charge in [-0.25, -0.2) is 9.59 Å². The van der Waals surface area contributed by atoms with Crippen LogP contribution in [0, 0.1) is 0 Å². The second kappa shape index (κ2) is 8.33. The number of ether oxygens (including phenoxy) is 2. The van der Waals surface area contributed by atoms with Crippen LogP contribution in [0.4, 0.5) is 5.69 Å². The molecule has 0 radical (unpaired) electrons. The average molecular weight is 438 g/mol. The molecule has 166 valence electrons. The van der Waals surface area contributed by atoms with Gasteiger partial charge in [-0.05, 0) is 49.7 Å². The smallest absolute Gasteiger partial charge is 0.420 e. The molecule has 2 aromatic carbocycles. The molecule has 2 heterocycles. The number of hydrogen-bond donors (Lipinski definition) is 0. The second-order valence-electron chi connectivity index (χ2n) is 7.47. The van der Waals surface area contributed by atoms with Crippen LogP contribution in [0.2, 0.25) is 0 Å². The van der Waals surface area contributed by atoms with Gasteiger partial charge in [-0.15, -0.1) is 0 Å². The minimum atomic E-state index is -0.884. The number of rotatable bonds is 6. The van der Waals surface area contributed by atoms with E-state index in [0.717, 1.165) is 6.42 Å². The number of nitrogens with zero attached hydrogens (tertiary/aromatic N) is 2. The van der Waals surface area contributed by atoms with Crippen molar-refractivity contribution in [3.05, 3.63) is 58.1 Å². The fourth-order valence-corrected chi connectivity index (χ4v) is 3.83. The highest BCUT2D eigenvalue weighted by atomic mass is 16.5. The molecule has 0 bridgehead atoms. The highest BCUT2D eigenvalue weighted by Gasteiger charge is 2.28. The summed E-state index contributed by atoms with van der Waals surface area (Å²) in [5.41, 5.74) is 1.66. The number of hydrogen-bond acceptors (Lipinski definition) is 7. The summed E-state index contributed by atoms with van der Waals surface area (Å²) in [4.78, 5) is 51.4. The highest BCUT2D eigenvalue weighted by molar-refractivity contribution is 6.03. The lowest BCUT2D eigenvalue weighted by Gasteiger charge is -2.29. The lowest BCUT2D eigenvalue weighted by Crippen LogP contribution is -2.39. The molecule has 9 heteroatoms. The lowest BCUT2D eigenvalue weighted by atomic mass is 10.0. The molecule has 1 aromatic heterocycles. The number of anilines is 1. The standard InChI is InChI=1S/C23H22N2O7/c1-4-9-24-17-10-14(6-8-18(17)31-12-20(24)26)21(27)13(2)25-16-7-5-15(22(28)30-3)11-19(16)32-23(25)29/h5-8,10-11,13H,4,9,12H2,1-3H3. The lowest BCUT2D eigenvalue weighted by molar-refractivity contribution is -0.121. The maximum atomic E-state index is 13.3. The van der Waals surface area contributed by atoms with Gasteiger partial charge < -0.3 is 18.8 Å². The van der Waals surface area contributed by atoms with E-state index in [1.807, 2.05) is 6.92 Å². The van der Waals surface area contributed by atoms with Crippen molar-refractivity contribution in [3.63, 3.8) is 0 Å². The Bertz CT molecular complexity index is 1290. The number of amides is 1. The Morgan fingerprint density at radius 1 is 1.12 bits per heavy atom. The second-order valence-corrected chi connectivity index (χ2v) is 7.47. The summed E-state index contributed by atoms with van der Waals surface area (Å²) in [6, 6.07) is 8.44. The fourth-order valence-electron chi connectivity index (χ4n) is 3.83. The first-order chi connectivity index (χ1) is 15.3. The third-order valence-corrected chi connectivity index (χ3v) is 5.43. The summed E-state index contributed by atoms with van der Waals surface area (Å²) in [7, 11) is 1.26. The summed E-state index contributed by atoms with van der Waals surface area (Å²) in [5.74, 6) is -1.25. The zero-order valence-electron chi connectivity index (χ0n) is 17.9. The van der Waals surface area contributed by atoms with Crippen LogP contribution >= 0.6 is 0 Å². The maximum Gasteiger partial charge on any atom is 0.420 e. The van der Waals surface area contributed by atoms with Crippen LogP contribution in [0.15, 0.2) is 45.6 Å². The number of benzene rings is 2. The van der Waals surface area contributed by atoms with Crippen molar-refractivity contribution in [3.8, 4) is 5.75 Å². The summed E-state index contributed by atoms with van der Waals surface area (Å²) in [5, 5.41) is 0. The van der Waals surface area contributed by atoms with Crippen molar-refractivity contribution in [2.24, 2.45) is 0 Å². The minimum absolute atomic E-state index is 0.0410. The van der Waals surface area contributed by atoms with Crippen molar-refractivity contribution < 1.29 is 28.3 Å². The van der Waals surface area contributed by atoms with Crippen molar-refractivity contribution in [2.75, 3.05) is 25.2 Å². The van der Waals surface area contributed by atoms with Gasteiger partial charge in [0.1, 0.15) is 11.8 Å². The zero-order chi connectivity index (χ0) is 23.0. The predicted octanol–water partition coefficient (Wildman–Crippen LogP) is 2.96. The Labute approximate surface area is 183 Å². The molecule has 4 rings (SSSR count). The number of esters is 1. The molecule has 1 amide bonds. The van der Waals surface area contributed by atoms with Gasteiger partial charge in [-0.3, -0.25) is 14.2 Å². The maximum absolute atomic E-state index is 13.3. The van der Waals surface area contributed by atoms with Crippen molar-refractivity contribution in [2.45, 2.75) is 26.3 Å². The third-order valence-electron chi connectivity index (χ3n) is 5.43. The first kappa shape index (κ1) is 21.4. The Morgan fingerprint density at radius 2 is 1.88 bits per heavy atom. The molecular formula is C23H22N2O7. The average Bonchev–Trinajstić information content (AvgIpc) is 3.13. The molecule has 9 nitrogen and oxygen atoms in total. The Hall–Kier alpha value is -3.88. The van der Waals surface area contributed by atoms with Crippen LogP contribution in [0.5, 0.6) is 5.75 Å². The van der Waals surface area contributed by atoms with E-state index in [2.05, 4.69) is 4.74 Å². The van der Waals surface area contributed by atoms with E-state index in [1.165, 1.54) is 23.8 Å². The predicted molar refractivity (Wildman–Crippen MR) is 115 cm³/mol. The van der Waals surface area contributed by atoms with Gasteiger partial charge in [0.25, 0.3) is 5.91 Å². The molecule has 0 aliphatic carbocycles. The van der Waals surface area contributed by atoms with Gasteiger partial charge in [-0.1, -0.05) is 6.92 Å². The third kappa shape index (κ3) is 3.55. The van der Waals surface area contributed by atoms with Gasteiger partial charge in [-0.2, -0.15) is 0 Å². The molecule has 3 aromatic rings. The topological polar surface area (TPSA) is 108 Å². The fraction of sp³-hybridized carbons (Fsp3) is 0.304. The largest absolute Gasteiger partial charge is 0.482 e. The number of ketones is 1. The molecule has 1 unspecified atom stereocenters. The van der Waals surface area contributed by atoms with Crippen molar-refractivity contribution in [1.29, 1.82) is 0 Å². The number of Topliss-reactive ketones (excluding diaryl/α,β-unsaturated/α-hetero) is 1. The van der Waals surface area contributed by atoms with E-state index in [0.29, 0.717) is 29.1 Å². The molecule has 0 saturated heterocycles. The van der Waals surface area contributed by atoms with Crippen LogP contribution in [0.25, 0.3) is 11.1 Å². The van der Waals surface area contributed by atoms with Crippen molar-refractivity contribution in [1.82, 2.24) is 4.57 Å². The quantitative estimate of drug-likeness (QED) is 0.430. The first-order valence-electron chi connectivity index (χ1n) is 10.2. The Balaban J connectivity index is 1.71. The molecule has 0 N–H and O–H groups in total. The van der Waals surface area contributed by atoms with Gasteiger partial charge in [0.2, 0.25) is 0 Å². The SMILES string of the molecule is CCCN1C(=O)COc2ccc(C(=O)C(C)n3c(=O)oc4cc(C(=O)OC)ccc43)cc21. The molecule has 1 aliphatic rings. The van der Waals surface area contributed by atoms with E-state index in [-0.39, 0.29) is 29.4 Å². The number of methoxy groups -OCH3 is 1. The number of fused-ring (bicyclic) bond motifs is 2. The van der Waals surface area contributed by atoms with E-state index >= 15 is 0 Å². The van der Waals surface area contributed by atoms with Gasteiger partial charge in [0.05, 0.1) is 23.9 Å². The normalized spacial score (nSPS) is 14.1. The van der Waals surface area contributed by atoms with Crippen LogP contribution in [-0.2, 0) is 9.53 Å². The van der Waals surface area contributed by atoms with Crippen LogP contribution in [0.3, 0.4) is 0 Å². The van der Waals surface area contributed by atoms with Crippen LogP contribution < -0.4 is 15.4 Å². The van der Waals surface area contributed by atoms with Crippen LogP contribution in [0.1, 0.15) is 47.0 Å². The Kier molecular flexibility index (Phi) is 5.56. The monoisotopic (exact) mass is 438 g/mol. The highest BCUT2D eigenvalue weighted by Crippen LogP contribution is 2.34. The molecule has 1 atom stereocenters. The number of oxazole rings is 1. The number of carbonyl (C=O) groups excluding carboxylic acids is 3. The van der Waals surface area contributed by atoms with Crippen molar-refractivity contribution >= 4 is 34.4 Å². The number of carbonyl (C=O) groups is 3. The molecule has 0 fully saturated rings. The molecule has 0 saturated carbocycles. The summed E-state index contributed by atoms with van der Waals surface area (Å²) >= 11 is 0. The summed E-state index contributed by atoms with van der Waals surface area (Å²) in [6.45, 7) is 4.02. The molecular weight excluding hydrogens is 416 g/mol. The van der Waals surface area contributed by atoms with Gasteiger partial charge in [0, 0.05) is 12.1 Å².